The van der Waals surface area contributed by atoms with Crippen molar-refractivity contribution in [2.75, 3.05) is 39.2 Å². The van der Waals surface area contributed by atoms with Crippen LogP contribution in [0, 0.1) is 17.8 Å². The van der Waals surface area contributed by atoms with Gasteiger partial charge in [-0.2, -0.15) is 0 Å². The smallest absolute Gasteiger partial charge is 0.321 e. The summed E-state index contributed by atoms with van der Waals surface area (Å²) in [6, 6.07) is 7.86. The van der Waals surface area contributed by atoms with Crippen LogP contribution in [0.3, 0.4) is 0 Å². The van der Waals surface area contributed by atoms with Gasteiger partial charge in [-0.1, -0.05) is 32.1 Å². The number of urea groups is 1. The molecule has 3 rings (SSSR count). The largest absolute Gasteiger partial charge is 0.497 e. The Bertz CT molecular complexity index is 1190. The first kappa shape index (κ1) is 29.7. The van der Waals surface area contributed by atoms with Crippen molar-refractivity contribution in [2.24, 2.45) is 5.92 Å². The molecule has 39 heavy (non-hydrogen) atoms. The van der Waals surface area contributed by atoms with Crippen molar-refractivity contribution < 1.29 is 29.3 Å². The van der Waals surface area contributed by atoms with Crippen LogP contribution in [0.4, 0.5) is 10.5 Å². The van der Waals surface area contributed by atoms with Crippen molar-refractivity contribution in [3.05, 3.63) is 47.7 Å². The van der Waals surface area contributed by atoms with E-state index in [9.17, 15) is 19.8 Å². The summed E-state index contributed by atoms with van der Waals surface area (Å²) in [5, 5.41) is 22.7. The lowest BCUT2D eigenvalue weighted by Crippen LogP contribution is -2.50. The first-order valence-electron chi connectivity index (χ1n) is 13.1. The average molecular weight is 539 g/mol. The number of hydrogen-bond donors (Lipinski definition) is 3. The van der Waals surface area contributed by atoms with Crippen LogP contribution in [-0.2, 0) is 0 Å². The molecule has 1 aromatic carbocycles. The third kappa shape index (κ3) is 7.85. The van der Waals surface area contributed by atoms with Gasteiger partial charge in [-0.05, 0) is 43.7 Å². The molecule has 3 amide bonds. The summed E-state index contributed by atoms with van der Waals surface area (Å²) >= 11 is 0. The van der Waals surface area contributed by atoms with Gasteiger partial charge in [0, 0.05) is 37.0 Å². The van der Waals surface area contributed by atoms with Gasteiger partial charge in [0.25, 0.3) is 5.91 Å². The van der Waals surface area contributed by atoms with Crippen LogP contribution in [0.1, 0.15) is 49.5 Å². The SMILES string of the molecule is CCCC(O)C#Cc1cnc2c(c1)C(=O)N([C@H](C)CO)C[C@H](C)[C@H](CN(C)C(=O)Nc1ccc(OC)cc1)O2. The summed E-state index contributed by atoms with van der Waals surface area (Å²) in [6.45, 7) is 5.99. The van der Waals surface area contributed by atoms with Crippen LogP contribution in [0.25, 0.3) is 0 Å². The fourth-order valence-corrected chi connectivity index (χ4v) is 4.15. The van der Waals surface area contributed by atoms with Gasteiger partial charge in [-0.25, -0.2) is 9.78 Å². The zero-order valence-electron chi connectivity index (χ0n) is 23.2. The highest BCUT2D eigenvalue weighted by Crippen LogP contribution is 2.27. The van der Waals surface area contributed by atoms with Crippen molar-refractivity contribution in [1.29, 1.82) is 0 Å². The summed E-state index contributed by atoms with van der Waals surface area (Å²) in [5.74, 6) is 5.97. The van der Waals surface area contributed by atoms with Gasteiger partial charge in [0.2, 0.25) is 5.88 Å². The number of benzene rings is 1. The first-order chi connectivity index (χ1) is 18.7. The topological polar surface area (TPSA) is 124 Å². The summed E-state index contributed by atoms with van der Waals surface area (Å²) < 4.78 is 11.4. The molecule has 210 valence electrons. The number of nitrogens with zero attached hydrogens (tertiary/aromatic N) is 3. The maximum absolute atomic E-state index is 13.5. The number of aliphatic hydroxyl groups excluding tert-OH is 2. The highest BCUT2D eigenvalue weighted by Gasteiger charge is 2.34. The highest BCUT2D eigenvalue weighted by atomic mass is 16.5. The molecule has 0 bridgehead atoms. The quantitative estimate of drug-likeness (QED) is 0.442. The summed E-state index contributed by atoms with van der Waals surface area (Å²) in [4.78, 5) is 33.9. The van der Waals surface area contributed by atoms with Crippen molar-refractivity contribution in [2.45, 2.75) is 51.9 Å². The van der Waals surface area contributed by atoms with E-state index in [1.807, 2.05) is 13.8 Å². The van der Waals surface area contributed by atoms with Gasteiger partial charge in [-0.3, -0.25) is 4.79 Å². The van der Waals surface area contributed by atoms with Gasteiger partial charge >= 0.3 is 6.03 Å². The third-order valence-corrected chi connectivity index (χ3v) is 6.61. The van der Waals surface area contributed by atoms with E-state index in [1.165, 1.54) is 11.1 Å². The Kier molecular flexibility index (Phi) is 10.5. The molecule has 3 N–H and O–H groups in total. The maximum atomic E-state index is 13.5. The molecule has 4 atom stereocenters. The number of aliphatic hydroxyl groups is 2. The van der Waals surface area contributed by atoms with Crippen molar-refractivity contribution >= 4 is 17.6 Å². The number of likely N-dealkylation sites (N-methyl/N-ethyl adjacent to an activating group) is 1. The lowest BCUT2D eigenvalue weighted by molar-refractivity contribution is 0.0356. The van der Waals surface area contributed by atoms with Crippen LogP contribution in [-0.4, -0.2) is 89.0 Å². The molecule has 10 heteroatoms. The molecule has 0 aliphatic carbocycles. The number of nitrogens with one attached hydrogen (secondary N) is 1. The number of pyridine rings is 1. The number of aromatic nitrogens is 1. The minimum absolute atomic E-state index is 0.135. The van der Waals surface area contributed by atoms with Gasteiger partial charge < -0.3 is 34.8 Å². The zero-order chi connectivity index (χ0) is 28.5. The molecule has 0 radical (unpaired) electrons. The molecule has 0 fully saturated rings. The third-order valence-electron chi connectivity index (χ3n) is 6.61. The van der Waals surface area contributed by atoms with E-state index in [0.717, 1.165) is 6.42 Å². The van der Waals surface area contributed by atoms with E-state index in [1.54, 1.807) is 56.3 Å². The molecule has 2 heterocycles. The van der Waals surface area contributed by atoms with Crippen LogP contribution in [0.2, 0.25) is 0 Å². The van der Waals surface area contributed by atoms with E-state index in [4.69, 9.17) is 9.47 Å². The summed E-state index contributed by atoms with van der Waals surface area (Å²) in [6.07, 6.45) is 1.59. The van der Waals surface area contributed by atoms with E-state index in [-0.39, 0.29) is 42.5 Å². The Labute approximate surface area is 229 Å². The Hall–Kier alpha value is -3.81. The van der Waals surface area contributed by atoms with Crippen LogP contribution >= 0.6 is 0 Å². The number of fused-ring (bicyclic) bond motifs is 1. The molecule has 10 nitrogen and oxygen atoms in total. The van der Waals surface area contributed by atoms with E-state index in [2.05, 4.69) is 22.1 Å². The van der Waals surface area contributed by atoms with Crippen molar-refractivity contribution in [3.8, 4) is 23.5 Å². The van der Waals surface area contributed by atoms with Gasteiger partial charge in [0.15, 0.2) is 0 Å². The van der Waals surface area contributed by atoms with Crippen LogP contribution in [0.5, 0.6) is 11.6 Å². The van der Waals surface area contributed by atoms with Crippen LogP contribution < -0.4 is 14.8 Å². The van der Waals surface area contributed by atoms with Gasteiger partial charge in [0.05, 0.1) is 26.3 Å². The second-order valence-electron chi connectivity index (χ2n) is 9.81. The first-order valence-corrected chi connectivity index (χ1v) is 13.1. The van der Waals surface area contributed by atoms with E-state index < -0.39 is 18.2 Å². The molecule has 2 aromatic rings. The number of hydrogen-bond acceptors (Lipinski definition) is 7. The fourth-order valence-electron chi connectivity index (χ4n) is 4.15. The Morgan fingerprint density at radius 3 is 2.72 bits per heavy atom. The lowest BCUT2D eigenvalue weighted by Gasteiger charge is -2.37. The van der Waals surface area contributed by atoms with Crippen LogP contribution in [0.15, 0.2) is 36.5 Å². The summed E-state index contributed by atoms with van der Waals surface area (Å²) in [7, 11) is 3.24. The number of carbonyl (C=O) groups is 2. The molecular weight excluding hydrogens is 500 g/mol. The van der Waals surface area contributed by atoms with Crippen molar-refractivity contribution in [1.82, 2.24) is 14.8 Å². The highest BCUT2D eigenvalue weighted by molar-refractivity contribution is 5.97. The molecule has 1 aliphatic rings. The molecule has 1 aromatic heterocycles. The predicted molar refractivity (Wildman–Crippen MR) is 148 cm³/mol. The van der Waals surface area contributed by atoms with Crippen molar-refractivity contribution in [3.63, 3.8) is 0 Å². The number of ether oxygens (including phenoxy) is 2. The molecule has 0 saturated carbocycles. The number of anilines is 1. The second-order valence-corrected chi connectivity index (χ2v) is 9.81. The fraction of sp³-hybridized carbons (Fsp3) is 0.483. The minimum Gasteiger partial charge on any atom is -0.497 e. The number of amides is 3. The second kappa shape index (κ2) is 13.8. The van der Waals surface area contributed by atoms with Gasteiger partial charge in [-0.15, -0.1) is 0 Å². The van der Waals surface area contributed by atoms with E-state index in [0.29, 0.717) is 30.0 Å². The normalized spacial score (nSPS) is 18.3. The predicted octanol–water partition coefficient (Wildman–Crippen LogP) is 2.99. The summed E-state index contributed by atoms with van der Waals surface area (Å²) in [5.41, 5.74) is 1.31. The average Bonchev–Trinajstić information content (AvgIpc) is 2.93. The number of carbonyl (C=O) groups excluding carboxylic acids is 2. The zero-order valence-corrected chi connectivity index (χ0v) is 23.2. The standard InChI is InChI=1S/C29H38N4O6/c1-6-7-23(35)11-8-21-14-25-27(30-15-21)39-26(19(2)16-33(28(25)36)20(3)18-34)17-32(4)29(37)31-22-9-12-24(38-5)13-10-22/h9-10,12-15,19-20,23,26,34-35H,6-7,16-18H2,1-5H3,(H,31,37)/t19-,20+,23?,26-/m0/s1. The van der Waals surface area contributed by atoms with E-state index >= 15 is 0 Å². The molecule has 1 aliphatic heterocycles. The minimum atomic E-state index is -0.764. The van der Waals surface area contributed by atoms with Gasteiger partial charge in [0.1, 0.15) is 23.5 Å². The molecule has 0 spiro atoms. The maximum Gasteiger partial charge on any atom is 0.321 e. The Morgan fingerprint density at radius 1 is 1.36 bits per heavy atom. The molecule has 0 saturated heterocycles. The molecule has 1 unspecified atom stereocenters. The Morgan fingerprint density at radius 2 is 2.08 bits per heavy atom. The number of rotatable bonds is 8. The monoisotopic (exact) mass is 538 g/mol. The Balaban J connectivity index is 1.85. The lowest BCUT2D eigenvalue weighted by atomic mass is 10.00. The molecular formula is C29H38N4O6. The number of methoxy groups -OCH3 is 1.